The van der Waals surface area contributed by atoms with E-state index in [1.165, 1.54) is 0 Å². The molecule has 0 N–H and O–H groups in total. The molecule has 7 heteroatoms. The molecule has 1 aromatic carbocycles. The maximum absolute atomic E-state index is 12.8. The van der Waals surface area contributed by atoms with E-state index in [1.54, 1.807) is 22.6 Å². The van der Waals surface area contributed by atoms with Gasteiger partial charge in [-0.15, -0.1) is 5.10 Å². The average Bonchev–Trinajstić information content (AvgIpc) is 2.96. The van der Waals surface area contributed by atoms with Crippen molar-refractivity contribution >= 4 is 17.5 Å². The highest BCUT2D eigenvalue weighted by molar-refractivity contribution is 6.32. The van der Waals surface area contributed by atoms with E-state index in [4.69, 9.17) is 16.9 Å². The molecule has 1 amide bonds. The summed E-state index contributed by atoms with van der Waals surface area (Å²) in [4.78, 5) is 18.7. The van der Waals surface area contributed by atoms with Crippen LogP contribution in [0.3, 0.4) is 0 Å². The molecule has 0 aliphatic carbocycles. The average molecular weight is 360 g/mol. The van der Waals surface area contributed by atoms with Crippen LogP contribution in [0.5, 0.6) is 0 Å². The number of carbonyl (C=O) groups is 1. The molecule has 0 saturated carbocycles. The molecule has 0 atom stereocenters. The van der Waals surface area contributed by atoms with Crippen molar-refractivity contribution in [2.24, 2.45) is 5.92 Å². The first-order chi connectivity index (χ1) is 11.9. The van der Waals surface area contributed by atoms with Gasteiger partial charge < -0.3 is 4.90 Å². The van der Waals surface area contributed by atoms with Gasteiger partial charge in [-0.25, -0.2) is 9.67 Å². The number of benzene rings is 1. The summed E-state index contributed by atoms with van der Waals surface area (Å²) < 4.78 is 1.57. The SMILES string of the molecule is Cc1nc(C(=O)N(CCC#N)CCC(C)C)nn1-c1ccccc1Cl. The van der Waals surface area contributed by atoms with Crippen molar-refractivity contribution in [3.05, 3.63) is 40.9 Å². The van der Waals surface area contributed by atoms with Crippen LogP contribution >= 0.6 is 11.6 Å². The number of aryl methyl sites for hydroxylation is 1. The molecule has 0 aliphatic heterocycles. The smallest absolute Gasteiger partial charge is 0.293 e. The molecule has 0 saturated heterocycles. The first-order valence-electron chi connectivity index (χ1n) is 8.28. The Morgan fingerprint density at radius 2 is 2.08 bits per heavy atom. The van der Waals surface area contributed by atoms with Gasteiger partial charge in [0.1, 0.15) is 5.82 Å². The minimum absolute atomic E-state index is 0.124. The lowest BCUT2D eigenvalue weighted by atomic mass is 10.1. The van der Waals surface area contributed by atoms with E-state index in [1.807, 2.05) is 18.2 Å². The Kier molecular flexibility index (Phi) is 6.54. The van der Waals surface area contributed by atoms with Gasteiger partial charge in [-0.2, -0.15) is 5.26 Å². The summed E-state index contributed by atoms with van der Waals surface area (Å²) >= 11 is 6.22. The second-order valence-corrected chi connectivity index (χ2v) is 6.64. The van der Waals surface area contributed by atoms with E-state index in [9.17, 15) is 4.79 Å². The molecule has 0 spiro atoms. The standard InChI is InChI=1S/C18H22ClN5O/c1-13(2)9-12-23(11-6-10-20)18(25)17-21-14(3)24(22-17)16-8-5-4-7-15(16)19/h4-5,7-8,13H,6,9,11-12H2,1-3H3. The Labute approximate surface area is 153 Å². The van der Waals surface area contributed by atoms with Gasteiger partial charge in [0.2, 0.25) is 5.82 Å². The van der Waals surface area contributed by atoms with Crippen LogP contribution in [0.1, 0.15) is 43.1 Å². The minimum Gasteiger partial charge on any atom is -0.335 e. The Balaban J connectivity index is 2.27. The Morgan fingerprint density at radius 1 is 1.36 bits per heavy atom. The van der Waals surface area contributed by atoms with Gasteiger partial charge in [-0.1, -0.05) is 37.6 Å². The number of amides is 1. The molecule has 2 rings (SSSR count). The molecular formula is C18H22ClN5O. The Hall–Kier alpha value is -2.39. The van der Waals surface area contributed by atoms with Gasteiger partial charge in [0.15, 0.2) is 0 Å². The van der Waals surface area contributed by atoms with Crippen LogP contribution in [-0.4, -0.2) is 38.7 Å². The maximum atomic E-state index is 12.8. The molecule has 2 aromatic rings. The third-order valence-corrected chi connectivity index (χ3v) is 4.12. The number of nitriles is 1. The van der Waals surface area contributed by atoms with Gasteiger partial charge in [0.05, 0.1) is 23.2 Å². The number of nitrogens with zero attached hydrogens (tertiary/aromatic N) is 5. The van der Waals surface area contributed by atoms with Gasteiger partial charge in [-0.05, 0) is 31.4 Å². The van der Waals surface area contributed by atoms with Crippen LogP contribution in [-0.2, 0) is 0 Å². The minimum atomic E-state index is -0.259. The number of hydrogen-bond acceptors (Lipinski definition) is 4. The lowest BCUT2D eigenvalue weighted by Crippen LogP contribution is -2.34. The molecule has 6 nitrogen and oxygen atoms in total. The second kappa shape index (κ2) is 8.63. The number of carbonyl (C=O) groups excluding carboxylic acids is 1. The van der Waals surface area contributed by atoms with Crippen LogP contribution in [0.4, 0.5) is 0 Å². The maximum Gasteiger partial charge on any atom is 0.293 e. The van der Waals surface area contributed by atoms with Gasteiger partial charge in [-0.3, -0.25) is 4.79 Å². The predicted octanol–water partition coefficient (Wildman–Crippen LogP) is 3.63. The fraction of sp³-hybridized carbons (Fsp3) is 0.444. The zero-order valence-electron chi connectivity index (χ0n) is 14.7. The second-order valence-electron chi connectivity index (χ2n) is 6.23. The van der Waals surface area contributed by atoms with Gasteiger partial charge >= 0.3 is 0 Å². The quantitative estimate of drug-likeness (QED) is 0.756. The molecule has 0 unspecified atom stereocenters. The van der Waals surface area contributed by atoms with E-state index >= 15 is 0 Å². The summed E-state index contributed by atoms with van der Waals surface area (Å²) in [7, 11) is 0. The lowest BCUT2D eigenvalue weighted by Gasteiger charge is -2.21. The highest BCUT2D eigenvalue weighted by Gasteiger charge is 2.22. The molecule has 132 valence electrons. The van der Waals surface area contributed by atoms with Crippen LogP contribution in [0.15, 0.2) is 24.3 Å². The number of rotatable bonds is 7. The monoisotopic (exact) mass is 359 g/mol. The zero-order chi connectivity index (χ0) is 18.4. The van der Waals surface area contributed by atoms with Crippen LogP contribution in [0, 0.1) is 24.2 Å². The normalized spacial score (nSPS) is 10.7. The topological polar surface area (TPSA) is 74.8 Å². The number of hydrogen-bond donors (Lipinski definition) is 0. The van der Waals surface area contributed by atoms with Crippen molar-refractivity contribution in [1.29, 1.82) is 5.26 Å². The first-order valence-corrected chi connectivity index (χ1v) is 8.66. The summed E-state index contributed by atoms with van der Waals surface area (Å²) in [6, 6.07) is 9.36. The Morgan fingerprint density at radius 3 is 2.72 bits per heavy atom. The largest absolute Gasteiger partial charge is 0.335 e. The van der Waals surface area contributed by atoms with Crippen LogP contribution in [0.25, 0.3) is 5.69 Å². The summed E-state index contributed by atoms with van der Waals surface area (Å²) in [6.45, 7) is 6.93. The summed E-state index contributed by atoms with van der Waals surface area (Å²) in [5.41, 5.74) is 0.680. The van der Waals surface area contributed by atoms with Crippen molar-refractivity contribution in [2.75, 3.05) is 13.1 Å². The molecular weight excluding hydrogens is 338 g/mol. The highest BCUT2D eigenvalue weighted by Crippen LogP contribution is 2.20. The molecule has 0 aliphatic rings. The number of halogens is 1. The van der Waals surface area contributed by atoms with Gasteiger partial charge in [0.25, 0.3) is 5.91 Å². The first kappa shape index (κ1) is 18.9. The van der Waals surface area contributed by atoms with Crippen LogP contribution in [0.2, 0.25) is 5.02 Å². The molecule has 0 fully saturated rings. The van der Waals surface area contributed by atoms with E-state index in [-0.39, 0.29) is 18.2 Å². The number of aromatic nitrogens is 3. The zero-order valence-corrected chi connectivity index (χ0v) is 15.5. The third kappa shape index (κ3) is 4.80. The van der Waals surface area contributed by atoms with Crippen molar-refractivity contribution in [3.63, 3.8) is 0 Å². The Bertz CT molecular complexity index is 778. The predicted molar refractivity (Wildman–Crippen MR) is 96.7 cm³/mol. The van der Waals surface area contributed by atoms with Gasteiger partial charge in [0, 0.05) is 13.1 Å². The number of para-hydroxylation sites is 1. The van der Waals surface area contributed by atoms with Crippen LogP contribution < -0.4 is 0 Å². The van der Waals surface area contributed by atoms with Crippen molar-refractivity contribution < 1.29 is 4.79 Å². The molecule has 25 heavy (non-hydrogen) atoms. The van der Waals surface area contributed by atoms with E-state index in [0.29, 0.717) is 35.5 Å². The summed E-state index contributed by atoms with van der Waals surface area (Å²) in [5, 5.41) is 13.7. The summed E-state index contributed by atoms with van der Waals surface area (Å²) in [5.74, 6) is 0.914. The third-order valence-electron chi connectivity index (χ3n) is 3.80. The van der Waals surface area contributed by atoms with Crippen molar-refractivity contribution in [3.8, 4) is 11.8 Å². The summed E-state index contributed by atoms with van der Waals surface area (Å²) in [6.07, 6.45) is 1.15. The molecule has 0 bridgehead atoms. The van der Waals surface area contributed by atoms with E-state index < -0.39 is 0 Å². The molecule has 1 aromatic heterocycles. The van der Waals surface area contributed by atoms with E-state index in [0.717, 1.165) is 6.42 Å². The lowest BCUT2D eigenvalue weighted by molar-refractivity contribution is 0.0739. The van der Waals surface area contributed by atoms with E-state index in [2.05, 4.69) is 30.0 Å². The fourth-order valence-corrected chi connectivity index (χ4v) is 2.60. The molecule has 0 radical (unpaired) electrons. The van der Waals surface area contributed by atoms with Crippen molar-refractivity contribution in [1.82, 2.24) is 19.7 Å². The fourth-order valence-electron chi connectivity index (χ4n) is 2.39. The molecule has 1 heterocycles. The van der Waals surface area contributed by atoms with Crippen molar-refractivity contribution in [2.45, 2.75) is 33.6 Å². The highest BCUT2D eigenvalue weighted by atomic mass is 35.5.